The van der Waals surface area contributed by atoms with Crippen LogP contribution in [0.5, 0.6) is 0 Å². The number of hydrogen-bond donors (Lipinski definition) is 3. The quantitative estimate of drug-likeness (QED) is 0.639. The second-order valence-corrected chi connectivity index (χ2v) is 3.54. The highest BCUT2D eigenvalue weighted by atomic mass is 16.3. The Labute approximate surface area is 84.9 Å². The average molecular weight is 194 g/mol. The number of benzene rings is 1. The zero-order valence-corrected chi connectivity index (χ0v) is 8.48. The molecule has 0 saturated carbocycles. The van der Waals surface area contributed by atoms with Gasteiger partial charge in [-0.15, -0.1) is 0 Å². The maximum atomic E-state index is 9.42. The molecule has 78 valence electrons. The molecule has 1 aromatic rings. The summed E-state index contributed by atoms with van der Waals surface area (Å²) < 4.78 is 0. The van der Waals surface area contributed by atoms with E-state index in [1.165, 1.54) is 5.56 Å². The fraction of sp³-hybridized carbons (Fsp3) is 0.455. The maximum absolute atomic E-state index is 9.42. The third-order valence-corrected chi connectivity index (χ3v) is 2.13. The van der Waals surface area contributed by atoms with Gasteiger partial charge < -0.3 is 16.2 Å². The van der Waals surface area contributed by atoms with E-state index in [0.29, 0.717) is 6.54 Å². The molecule has 0 radical (unpaired) electrons. The van der Waals surface area contributed by atoms with E-state index in [1.54, 1.807) is 6.92 Å². The first-order valence-corrected chi connectivity index (χ1v) is 4.88. The van der Waals surface area contributed by atoms with Gasteiger partial charge in [0, 0.05) is 19.1 Å². The molecule has 0 spiro atoms. The minimum Gasteiger partial charge on any atom is -0.390 e. The topological polar surface area (TPSA) is 58.3 Å². The molecule has 3 heteroatoms. The summed E-state index contributed by atoms with van der Waals surface area (Å²) in [4.78, 5) is 0. The molecule has 1 rings (SSSR count). The van der Waals surface area contributed by atoms with E-state index in [2.05, 4.69) is 5.32 Å². The van der Waals surface area contributed by atoms with Crippen LogP contribution in [0, 0.1) is 0 Å². The highest BCUT2D eigenvalue weighted by Gasteiger charge is 2.07. The molecule has 0 amide bonds. The summed E-state index contributed by atoms with van der Waals surface area (Å²) >= 11 is 0. The molecule has 14 heavy (non-hydrogen) atoms. The second-order valence-electron chi connectivity index (χ2n) is 3.54. The van der Waals surface area contributed by atoms with Crippen LogP contribution in [0.2, 0.25) is 0 Å². The molecule has 0 bridgehead atoms. The van der Waals surface area contributed by atoms with Crippen LogP contribution in [-0.4, -0.2) is 23.8 Å². The molecule has 0 saturated heterocycles. The molecule has 0 heterocycles. The van der Waals surface area contributed by atoms with Gasteiger partial charge in [-0.05, 0) is 12.5 Å². The molecule has 1 unspecified atom stereocenters. The van der Waals surface area contributed by atoms with Crippen LogP contribution in [0.1, 0.15) is 12.5 Å². The lowest BCUT2D eigenvalue weighted by Crippen LogP contribution is -2.39. The first-order chi connectivity index (χ1) is 6.70. The summed E-state index contributed by atoms with van der Waals surface area (Å²) in [6.45, 7) is 3.10. The van der Waals surface area contributed by atoms with Crippen molar-refractivity contribution in [3.63, 3.8) is 0 Å². The van der Waals surface area contributed by atoms with E-state index in [9.17, 15) is 5.11 Å². The lowest BCUT2D eigenvalue weighted by Gasteiger charge is -2.14. The van der Waals surface area contributed by atoms with Gasteiger partial charge in [-0.1, -0.05) is 30.3 Å². The number of aliphatic hydroxyl groups excluding tert-OH is 1. The summed E-state index contributed by atoms with van der Waals surface area (Å²) in [6.07, 6.45) is -0.473. The fourth-order valence-electron chi connectivity index (χ4n) is 1.15. The summed E-state index contributed by atoms with van der Waals surface area (Å²) in [5.41, 5.74) is 6.74. The van der Waals surface area contributed by atoms with Crippen molar-refractivity contribution in [2.24, 2.45) is 5.73 Å². The second kappa shape index (κ2) is 5.75. The first-order valence-electron chi connectivity index (χ1n) is 4.88. The van der Waals surface area contributed by atoms with Gasteiger partial charge >= 0.3 is 0 Å². The van der Waals surface area contributed by atoms with Crippen molar-refractivity contribution in [1.29, 1.82) is 0 Å². The summed E-state index contributed by atoms with van der Waals surface area (Å²) in [5.74, 6) is 0. The zero-order valence-electron chi connectivity index (χ0n) is 8.48. The van der Waals surface area contributed by atoms with E-state index in [1.807, 2.05) is 30.3 Å². The van der Waals surface area contributed by atoms with Crippen LogP contribution in [0.3, 0.4) is 0 Å². The van der Waals surface area contributed by atoms with Gasteiger partial charge in [0.1, 0.15) is 0 Å². The summed E-state index contributed by atoms with van der Waals surface area (Å²) in [7, 11) is 0. The van der Waals surface area contributed by atoms with E-state index in [-0.39, 0.29) is 6.04 Å². The van der Waals surface area contributed by atoms with Crippen LogP contribution in [0.25, 0.3) is 0 Å². The van der Waals surface area contributed by atoms with Gasteiger partial charge in [0.2, 0.25) is 0 Å². The summed E-state index contributed by atoms with van der Waals surface area (Å²) in [6, 6.07) is 9.90. The van der Waals surface area contributed by atoms with Crippen molar-refractivity contribution >= 4 is 0 Å². The minimum atomic E-state index is -0.473. The number of aliphatic hydroxyl groups is 1. The third kappa shape index (κ3) is 3.87. The standard InChI is InChI=1S/C11H18N2O/c1-9(12)11(14)8-13-7-10-5-3-2-4-6-10/h2-6,9,11,13-14H,7-8,12H2,1H3/t9?,11-/m0/s1. The lowest BCUT2D eigenvalue weighted by molar-refractivity contribution is 0.148. The van der Waals surface area contributed by atoms with Crippen LogP contribution in [0.4, 0.5) is 0 Å². The van der Waals surface area contributed by atoms with Crippen molar-refractivity contribution in [3.8, 4) is 0 Å². The van der Waals surface area contributed by atoms with Crippen LogP contribution >= 0.6 is 0 Å². The van der Waals surface area contributed by atoms with E-state index in [0.717, 1.165) is 6.54 Å². The fourth-order valence-corrected chi connectivity index (χ4v) is 1.15. The van der Waals surface area contributed by atoms with Crippen molar-refractivity contribution in [2.45, 2.75) is 25.6 Å². The van der Waals surface area contributed by atoms with Crippen molar-refractivity contribution < 1.29 is 5.11 Å². The molecule has 0 aliphatic rings. The Balaban J connectivity index is 2.22. The Kier molecular flexibility index (Phi) is 4.59. The van der Waals surface area contributed by atoms with Gasteiger partial charge in [0.05, 0.1) is 6.10 Å². The van der Waals surface area contributed by atoms with Crippen LogP contribution in [0.15, 0.2) is 30.3 Å². The first kappa shape index (κ1) is 11.2. The largest absolute Gasteiger partial charge is 0.390 e. The Bertz CT molecular complexity index is 249. The van der Waals surface area contributed by atoms with Crippen LogP contribution in [-0.2, 0) is 6.54 Å². The number of nitrogens with two attached hydrogens (primary N) is 1. The summed E-state index contributed by atoms with van der Waals surface area (Å²) in [5, 5.41) is 12.6. The molecule has 0 aliphatic heterocycles. The molecule has 0 aromatic heterocycles. The smallest absolute Gasteiger partial charge is 0.0812 e. The molecule has 1 aromatic carbocycles. The van der Waals surface area contributed by atoms with Crippen molar-refractivity contribution in [2.75, 3.05) is 6.54 Å². The molecular formula is C11H18N2O. The zero-order chi connectivity index (χ0) is 10.4. The maximum Gasteiger partial charge on any atom is 0.0812 e. The van der Waals surface area contributed by atoms with Gasteiger partial charge in [-0.2, -0.15) is 0 Å². The molecule has 2 atom stereocenters. The number of hydrogen-bond acceptors (Lipinski definition) is 3. The van der Waals surface area contributed by atoms with E-state index in [4.69, 9.17) is 5.73 Å². The Morgan fingerprint density at radius 1 is 1.36 bits per heavy atom. The van der Waals surface area contributed by atoms with E-state index < -0.39 is 6.10 Å². The lowest BCUT2D eigenvalue weighted by atomic mass is 10.2. The SMILES string of the molecule is CC(N)[C@@H](O)CNCc1ccccc1. The predicted molar refractivity (Wildman–Crippen MR) is 57.8 cm³/mol. The molecule has 3 nitrogen and oxygen atoms in total. The average Bonchev–Trinajstić information content (AvgIpc) is 2.19. The van der Waals surface area contributed by atoms with E-state index >= 15 is 0 Å². The van der Waals surface area contributed by atoms with Gasteiger partial charge in [0.25, 0.3) is 0 Å². The third-order valence-electron chi connectivity index (χ3n) is 2.13. The molecule has 0 fully saturated rings. The highest BCUT2D eigenvalue weighted by molar-refractivity contribution is 5.14. The Morgan fingerprint density at radius 3 is 2.57 bits per heavy atom. The number of nitrogens with one attached hydrogen (secondary N) is 1. The molecular weight excluding hydrogens is 176 g/mol. The van der Waals surface area contributed by atoms with Gasteiger partial charge in [0.15, 0.2) is 0 Å². The van der Waals surface area contributed by atoms with Gasteiger partial charge in [-0.25, -0.2) is 0 Å². The predicted octanol–water partition coefficient (Wildman–Crippen LogP) is 0.484. The Hall–Kier alpha value is -0.900. The molecule has 4 N–H and O–H groups in total. The van der Waals surface area contributed by atoms with Gasteiger partial charge in [-0.3, -0.25) is 0 Å². The monoisotopic (exact) mass is 194 g/mol. The number of rotatable bonds is 5. The van der Waals surface area contributed by atoms with Crippen molar-refractivity contribution in [3.05, 3.63) is 35.9 Å². The van der Waals surface area contributed by atoms with Crippen molar-refractivity contribution in [1.82, 2.24) is 5.32 Å². The van der Waals surface area contributed by atoms with Crippen LogP contribution < -0.4 is 11.1 Å². The minimum absolute atomic E-state index is 0.182. The highest BCUT2D eigenvalue weighted by Crippen LogP contribution is 1.97. The molecule has 0 aliphatic carbocycles. The normalized spacial score (nSPS) is 15.1. The Morgan fingerprint density at radius 2 is 2.00 bits per heavy atom.